The normalized spacial score (nSPS) is 20.7. The van der Waals surface area contributed by atoms with E-state index >= 15 is 0 Å². The number of nitrogens with zero attached hydrogens (tertiary/aromatic N) is 2. The summed E-state index contributed by atoms with van der Waals surface area (Å²) in [5.41, 5.74) is 5.99. The van der Waals surface area contributed by atoms with Crippen molar-refractivity contribution in [1.29, 1.82) is 0 Å². The van der Waals surface area contributed by atoms with E-state index in [9.17, 15) is 9.59 Å². The summed E-state index contributed by atoms with van der Waals surface area (Å²) in [5.74, 6) is 0.454. The third kappa shape index (κ3) is 4.20. The predicted octanol–water partition coefficient (Wildman–Crippen LogP) is 0.829. The molecule has 5 nitrogen and oxygen atoms in total. The van der Waals surface area contributed by atoms with Gasteiger partial charge in [0.25, 0.3) is 0 Å². The largest absolute Gasteiger partial charge is 0.344 e. The van der Waals surface area contributed by atoms with Gasteiger partial charge in [-0.05, 0) is 25.2 Å². The lowest BCUT2D eigenvalue weighted by molar-refractivity contribution is -0.142. The summed E-state index contributed by atoms with van der Waals surface area (Å²) in [5, 5.41) is 0. The van der Waals surface area contributed by atoms with Crippen LogP contribution in [0.3, 0.4) is 0 Å². The molecular formula is C14H27N3O2. The molecular weight excluding hydrogens is 242 g/mol. The molecule has 2 atom stereocenters. The van der Waals surface area contributed by atoms with Gasteiger partial charge in [0.15, 0.2) is 0 Å². The van der Waals surface area contributed by atoms with Crippen LogP contribution in [0.5, 0.6) is 0 Å². The van der Waals surface area contributed by atoms with E-state index in [-0.39, 0.29) is 23.9 Å². The van der Waals surface area contributed by atoms with E-state index in [1.807, 2.05) is 0 Å². The molecule has 5 heteroatoms. The standard InChI is InChI=1S/C14H27N3O2/c1-10(2)12(15)7-9-16(4)14(19)13-6-5-8-17(13)11(3)18/h10,12-13H,5-9,15H2,1-4H3. The molecule has 2 N–H and O–H groups in total. The second-order valence-corrected chi connectivity index (χ2v) is 5.83. The van der Waals surface area contributed by atoms with Crippen LogP contribution in [0, 0.1) is 5.92 Å². The Labute approximate surface area is 116 Å². The minimum Gasteiger partial charge on any atom is -0.344 e. The van der Waals surface area contributed by atoms with Crippen molar-refractivity contribution in [3.05, 3.63) is 0 Å². The van der Waals surface area contributed by atoms with Crippen LogP contribution in [0.25, 0.3) is 0 Å². The van der Waals surface area contributed by atoms with Gasteiger partial charge >= 0.3 is 0 Å². The Hall–Kier alpha value is -1.10. The summed E-state index contributed by atoms with van der Waals surface area (Å²) >= 11 is 0. The Bertz CT molecular complexity index is 331. The van der Waals surface area contributed by atoms with Crippen LogP contribution in [-0.2, 0) is 9.59 Å². The van der Waals surface area contributed by atoms with Crippen molar-refractivity contribution in [2.45, 2.75) is 52.1 Å². The maximum absolute atomic E-state index is 12.3. The Morgan fingerprint density at radius 2 is 2.05 bits per heavy atom. The van der Waals surface area contributed by atoms with Crippen LogP contribution in [0.15, 0.2) is 0 Å². The first-order valence-electron chi connectivity index (χ1n) is 7.12. The van der Waals surface area contributed by atoms with E-state index in [1.165, 1.54) is 6.92 Å². The van der Waals surface area contributed by atoms with Gasteiger partial charge < -0.3 is 15.5 Å². The van der Waals surface area contributed by atoms with Crippen molar-refractivity contribution in [2.24, 2.45) is 11.7 Å². The second kappa shape index (κ2) is 6.89. The molecule has 0 aromatic rings. The molecule has 0 bridgehead atoms. The smallest absolute Gasteiger partial charge is 0.245 e. The lowest BCUT2D eigenvalue weighted by Gasteiger charge is -2.28. The molecule has 0 saturated carbocycles. The van der Waals surface area contributed by atoms with Gasteiger partial charge in [-0.15, -0.1) is 0 Å². The number of likely N-dealkylation sites (tertiary alicyclic amines) is 1. The van der Waals surface area contributed by atoms with Gasteiger partial charge in [-0.1, -0.05) is 13.8 Å². The number of carbonyl (C=O) groups is 2. The monoisotopic (exact) mass is 269 g/mol. The number of amides is 2. The van der Waals surface area contributed by atoms with Gasteiger partial charge in [-0.3, -0.25) is 9.59 Å². The first-order chi connectivity index (χ1) is 8.84. The van der Waals surface area contributed by atoms with Crippen LogP contribution in [0.4, 0.5) is 0 Å². The highest BCUT2D eigenvalue weighted by Gasteiger charge is 2.33. The molecule has 0 aromatic heterocycles. The molecule has 1 saturated heterocycles. The molecule has 1 aliphatic rings. The number of hydrogen-bond donors (Lipinski definition) is 1. The van der Waals surface area contributed by atoms with Crippen molar-refractivity contribution >= 4 is 11.8 Å². The molecule has 0 radical (unpaired) electrons. The Morgan fingerprint density at radius 1 is 1.42 bits per heavy atom. The molecule has 0 aliphatic carbocycles. The molecule has 2 amide bonds. The minimum absolute atomic E-state index is 0.0110. The van der Waals surface area contributed by atoms with E-state index in [0.29, 0.717) is 19.0 Å². The highest BCUT2D eigenvalue weighted by Crippen LogP contribution is 2.19. The van der Waals surface area contributed by atoms with Crippen molar-refractivity contribution in [3.63, 3.8) is 0 Å². The van der Waals surface area contributed by atoms with Crippen LogP contribution in [0.1, 0.15) is 40.0 Å². The van der Waals surface area contributed by atoms with Gasteiger partial charge in [-0.2, -0.15) is 0 Å². The van der Waals surface area contributed by atoms with Crippen molar-refractivity contribution in [2.75, 3.05) is 20.1 Å². The summed E-state index contributed by atoms with van der Waals surface area (Å²) < 4.78 is 0. The quantitative estimate of drug-likeness (QED) is 0.804. The van der Waals surface area contributed by atoms with Crippen molar-refractivity contribution in [3.8, 4) is 0 Å². The van der Waals surface area contributed by atoms with E-state index in [4.69, 9.17) is 5.73 Å². The van der Waals surface area contributed by atoms with E-state index in [1.54, 1.807) is 16.8 Å². The van der Waals surface area contributed by atoms with Crippen LogP contribution in [0.2, 0.25) is 0 Å². The fourth-order valence-corrected chi connectivity index (χ4v) is 2.44. The van der Waals surface area contributed by atoms with E-state index in [2.05, 4.69) is 13.8 Å². The maximum Gasteiger partial charge on any atom is 0.245 e. The maximum atomic E-state index is 12.3. The van der Waals surface area contributed by atoms with Crippen molar-refractivity contribution < 1.29 is 9.59 Å². The van der Waals surface area contributed by atoms with E-state index < -0.39 is 0 Å². The summed E-state index contributed by atoms with van der Waals surface area (Å²) in [6, 6.07) is -0.152. The second-order valence-electron chi connectivity index (χ2n) is 5.83. The third-order valence-electron chi connectivity index (χ3n) is 3.97. The van der Waals surface area contributed by atoms with Crippen LogP contribution >= 0.6 is 0 Å². The number of hydrogen-bond acceptors (Lipinski definition) is 3. The summed E-state index contributed by atoms with van der Waals surface area (Å²) in [7, 11) is 1.80. The zero-order valence-electron chi connectivity index (χ0n) is 12.6. The molecule has 1 heterocycles. The van der Waals surface area contributed by atoms with Gasteiger partial charge in [-0.25, -0.2) is 0 Å². The van der Waals surface area contributed by atoms with Gasteiger partial charge in [0, 0.05) is 33.1 Å². The molecule has 1 aliphatic heterocycles. The Morgan fingerprint density at radius 3 is 2.58 bits per heavy atom. The SMILES string of the molecule is CC(=O)N1CCCC1C(=O)N(C)CCC(N)C(C)C. The lowest BCUT2D eigenvalue weighted by Crippen LogP contribution is -2.46. The fourth-order valence-electron chi connectivity index (χ4n) is 2.44. The summed E-state index contributed by atoms with van der Waals surface area (Å²) in [4.78, 5) is 27.2. The van der Waals surface area contributed by atoms with E-state index in [0.717, 1.165) is 19.3 Å². The average molecular weight is 269 g/mol. The highest BCUT2D eigenvalue weighted by molar-refractivity contribution is 5.87. The number of rotatable bonds is 5. The number of nitrogens with two attached hydrogens (primary N) is 1. The van der Waals surface area contributed by atoms with Gasteiger partial charge in [0.2, 0.25) is 11.8 Å². The summed E-state index contributed by atoms with van der Waals surface area (Å²) in [6.07, 6.45) is 2.49. The lowest BCUT2D eigenvalue weighted by atomic mass is 10.0. The topological polar surface area (TPSA) is 66.6 Å². The first-order valence-corrected chi connectivity index (χ1v) is 7.12. The molecule has 0 aromatic carbocycles. The zero-order valence-corrected chi connectivity index (χ0v) is 12.6. The Balaban J connectivity index is 2.50. The molecule has 2 unspecified atom stereocenters. The van der Waals surface area contributed by atoms with Crippen LogP contribution < -0.4 is 5.73 Å². The third-order valence-corrected chi connectivity index (χ3v) is 3.97. The van der Waals surface area contributed by atoms with Gasteiger partial charge in [0.05, 0.1) is 0 Å². The molecule has 110 valence electrons. The van der Waals surface area contributed by atoms with Gasteiger partial charge in [0.1, 0.15) is 6.04 Å². The molecule has 1 rings (SSSR count). The zero-order chi connectivity index (χ0) is 14.6. The minimum atomic E-state index is -0.266. The number of carbonyl (C=O) groups excluding carboxylic acids is 2. The Kier molecular flexibility index (Phi) is 5.79. The average Bonchev–Trinajstić information content (AvgIpc) is 2.83. The molecule has 19 heavy (non-hydrogen) atoms. The molecule has 1 fully saturated rings. The number of likely N-dealkylation sites (N-methyl/N-ethyl adjacent to an activating group) is 1. The molecule has 0 spiro atoms. The first kappa shape index (κ1) is 16.0. The predicted molar refractivity (Wildman–Crippen MR) is 75.5 cm³/mol. The van der Waals surface area contributed by atoms with Crippen LogP contribution in [-0.4, -0.2) is 53.8 Å². The fraction of sp³-hybridized carbons (Fsp3) is 0.857. The highest BCUT2D eigenvalue weighted by atomic mass is 16.2. The van der Waals surface area contributed by atoms with Crippen molar-refractivity contribution in [1.82, 2.24) is 9.80 Å². The summed E-state index contributed by atoms with van der Waals surface area (Å²) in [6.45, 7) is 7.05.